The Labute approximate surface area is 148 Å². The number of nitrogens with zero attached hydrogens (tertiary/aromatic N) is 1. The van der Waals surface area contributed by atoms with Crippen LogP contribution in [-0.4, -0.2) is 36.3 Å². The molecule has 1 unspecified atom stereocenters. The van der Waals surface area contributed by atoms with Crippen molar-refractivity contribution in [1.82, 2.24) is 10.2 Å². The largest absolute Gasteiger partial charge is 0.356 e. The van der Waals surface area contributed by atoms with Crippen LogP contribution in [0.15, 0.2) is 42.5 Å². The van der Waals surface area contributed by atoms with Crippen molar-refractivity contribution in [3.63, 3.8) is 0 Å². The zero-order valence-corrected chi connectivity index (χ0v) is 14.4. The first-order valence-electron chi connectivity index (χ1n) is 9.27. The van der Waals surface area contributed by atoms with Crippen molar-refractivity contribution in [1.29, 1.82) is 0 Å². The highest BCUT2D eigenvalue weighted by Gasteiger charge is 2.30. The molecule has 2 amide bonds. The topological polar surface area (TPSA) is 49.4 Å². The fraction of sp³-hybridized carbons (Fsp3) is 0.429. The van der Waals surface area contributed by atoms with E-state index in [1.54, 1.807) is 0 Å². The molecule has 1 saturated carbocycles. The first-order valence-corrected chi connectivity index (χ1v) is 9.27. The Bertz CT molecular complexity index is 792. The molecular weight excluding hydrogens is 312 g/mol. The Morgan fingerprint density at radius 2 is 1.84 bits per heavy atom. The van der Waals surface area contributed by atoms with Crippen LogP contribution in [0.2, 0.25) is 0 Å². The SMILES string of the molecule is O=C(NCC1CC1)C1CCCN(C(=O)c2cccc3ccccc23)C1. The summed E-state index contributed by atoms with van der Waals surface area (Å²) in [5.41, 5.74) is 0.733. The third-order valence-corrected chi connectivity index (χ3v) is 5.36. The molecular formula is C21H24N2O2. The van der Waals surface area contributed by atoms with Crippen LogP contribution >= 0.6 is 0 Å². The molecule has 2 fully saturated rings. The molecule has 1 aliphatic carbocycles. The Morgan fingerprint density at radius 1 is 1.04 bits per heavy atom. The first-order chi connectivity index (χ1) is 12.2. The van der Waals surface area contributed by atoms with Crippen molar-refractivity contribution in [2.24, 2.45) is 11.8 Å². The van der Waals surface area contributed by atoms with Gasteiger partial charge in [-0.3, -0.25) is 9.59 Å². The van der Waals surface area contributed by atoms with E-state index in [1.165, 1.54) is 12.8 Å². The third-order valence-electron chi connectivity index (χ3n) is 5.36. The maximum absolute atomic E-state index is 13.1. The molecule has 4 heteroatoms. The van der Waals surface area contributed by atoms with Crippen LogP contribution in [0.5, 0.6) is 0 Å². The van der Waals surface area contributed by atoms with Gasteiger partial charge in [0.1, 0.15) is 0 Å². The molecule has 2 aliphatic rings. The molecule has 1 atom stereocenters. The van der Waals surface area contributed by atoms with Gasteiger partial charge in [-0.25, -0.2) is 0 Å². The minimum atomic E-state index is -0.0774. The van der Waals surface area contributed by atoms with Crippen molar-refractivity contribution in [2.75, 3.05) is 19.6 Å². The van der Waals surface area contributed by atoms with Gasteiger partial charge in [0.15, 0.2) is 0 Å². The lowest BCUT2D eigenvalue weighted by Crippen LogP contribution is -2.45. The Kier molecular flexibility index (Phi) is 4.43. The number of rotatable bonds is 4. The molecule has 0 bridgehead atoms. The minimum Gasteiger partial charge on any atom is -0.356 e. The molecule has 0 aromatic heterocycles. The maximum atomic E-state index is 13.1. The average molecular weight is 336 g/mol. The van der Waals surface area contributed by atoms with Gasteiger partial charge in [-0.1, -0.05) is 36.4 Å². The van der Waals surface area contributed by atoms with E-state index in [0.29, 0.717) is 12.5 Å². The third kappa shape index (κ3) is 3.53. The van der Waals surface area contributed by atoms with Gasteiger partial charge in [-0.05, 0) is 48.4 Å². The van der Waals surface area contributed by atoms with Gasteiger partial charge in [-0.2, -0.15) is 0 Å². The van der Waals surface area contributed by atoms with Gasteiger partial charge in [0.2, 0.25) is 5.91 Å². The second kappa shape index (κ2) is 6.87. The average Bonchev–Trinajstić information content (AvgIpc) is 3.49. The molecule has 1 N–H and O–H groups in total. The summed E-state index contributed by atoms with van der Waals surface area (Å²) in [5, 5.41) is 5.12. The molecule has 0 spiro atoms. The fourth-order valence-electron chi connectivity index (χ4n) is 3.67. The molecule has 0 radical (unpaired) electrons. The van der Waals surface area contributed by atoms with Crippen molar-refractivity contribution in [2.45, 2.75) is 25.7 Å². The van der Waals surface area contributed by atoms with E-state index in [9.17, 15) is 9.59 Å². The van der Waals surface area contributed by atoms with Gasteiger partial charge in [-0.15, -0.1) is 0 Å². The van der Waals surface area contributed by atoms with Crippen molar-refractivity contribution < 1.29 is 9.59 Å². The van der Waals surface area contributed by atoms with Crippen LogP contribution in [0.4, 0.5) is 0 Å². The number of piperidine rings is 1. The number of likely N-dealkylation sites (tertiary alicyclic amines) is 1. The normalized spacial score (nSPS) is 20.5. The summed E-state index contributed by atoms with van der Waals surface area (Å²) >= 11 is 0. The van der Waals surface area contributed by atoms with Gasteiger partial charge < -0.3 is 10.2 Å². The van der Waals surface area contributed by atoms with Crippen molar-refractivity contribution in [3.05, 3.63) is 48.0 Å². The summed E-state index contributed by atoms with van der Waals surface area (Å²) in [6.45, 7) is 2.06. The quantitative estimate of drug-likeness (QED) is 0.932. The molecule has 1 saturated heterocycles. The van der Waals surface area contributed by atoms with Crippen molar-refractivity contribution >= 4 is 22.6 Å². The Balaban J connectivity index is 1.48. The van der Waals surface area contributed by atoms with Crippen molar-refractivity contribution in [3.8, 4) is 0 Å². The zero-order chi connectivity index (χ0) is 17.2. The Morgan fingerprint density at radius 3 is 2.68 bits per heavy atom. The zero-order valence-electron chi connectivity index (χ0n) is 14.4. The van der Waals surface area contributed by atoms with E-state index < -0.39 is 0 Å². The number of fused-ring (bicyclic) bond motifs is 1. The summed E-state index contributed by atoms with van der Waals surface area (Å²) in [7, 11) is 0. The number of carbonyl (C=O) groups is 2. The highest BCUT2D eigenvalue weighted by atomic mass is 16.2. The molecule has 4 rings (SSSR count). The number of benzene rings is 2. The van der Waals surface area contributed by atoms with E-state index in [2.05, 4.69) is 5.32 Å². The number of nitrogens with one attached hydrogen (secondary N) is 1. The smallest absolute Gasteiger partial charge is 0.254 e. The van der Waals surface area contributed by atoms with Crippen LogP contribution < -0.4 is 5.32 Å². The summed E-state index contributed by atoms with van der Waals surface area (Å²) < 4.78 is 0. The van der Waals surface area contributed by atoms with E-state index in [1.807, 2.05) is 47.4 Å². The number of hydrogen-bond donors (Lipinski definition) is 1. The fourth-order valence-corrected chi connectivity index (χ4v) is 3.67. The molecule has 1 aliphatic heterocycles. The highest BCUT2D eigenvalue weighted by Crippen LogP contribution is 2.28. The summed E-state index contributed by atoms with van der Waals surface area (Å²) in [6, 6.07) is 13.8. The van der Waals surface area contributed by atoms with Crippen LogP contribution in [0.3, 0.4) is 0 Å². The van der Waals surface area contributed by atoms with Gasteiger partial charge in [0.25, 0.3) is 5.91 Å². The molecule has 2 aromatic rings. The first kappa shape index (κ1) is 16.1. The van der Waals surface area contributed by atoms with Crippen LogP contribution in [-0.2, 0) is 4.79 Å². The second-order valence-electron chi connectivity index (χ2n) is 7.31. The summed E-state index contributed by atoms with van der Waals surface area (Å²) in [4.78, 5) is 27.3. The summed E-state index contributed by atoms with van der Waals surface area (Å²) in [6.07, 6.45) is 4.22. The van der Waals surface area contributed by atoms with Crippen LogP contribution in [0, 0.1) is 11.8 Å². The van der Waals surface area contributed by atoms with Crippen LogP contribution in [0.25, 0.3) is 10.8 Å². The molecule has 2 aromatic carbocycles. The number of carbonyl (C=O) groups excluding carboxylic acids is 2. The lowest BCUT2D eigenvalue weighted by Gasteiger charge is -2.32. The predicted molar refractivity (Wildman–Crippen MR) is 98.3 cm³/mol. The van der Waals surface area contributed by atoms with E-state index >= 15 is 0 Å². The number of amides is 2. The maximum Gasteiger partial charge on any atom is 0.254 e. The lowest BCUT2D eigenvalue weighted by atomic mass is 9.95. The van der Waals surface area contributed by atoms with Gasteiger partial charge in [0, 0.05) is 25.2 Å². The van der Waals surface area contributed by atoms with Gasteiger partial charge >= 0.3 is 0 Å². The monoisotopic (exact) mass is 336 g/mol. The highest BCUT2D eigenvalue weighted by molar-refractivity contribution is 6.07. The molecule has 4 nitrogen and oxygen atoms in total. The molecule has 25 heavy (non-hydrogen) atoms. The van der Waals surface area contributed by atoms with E-state index in [4.69, 9.17) is 0 Å². The van der Waals surface area contributed by atoms with E-state index in [0.717, 1.165) is 42.3 Å². The van der Waals surface area contributed by atoms with Gasteiger partial charge in [0.05, 0.1) is 5.92 Å². The number of hydrogen-bond acceptors (Lipinski definition) is 2. The molecule has 130 valence electrons. The molecule has 1 heterocycles. The minimum absolute atomic E-state index is 0.0384. The standard InChI is InChI=1S/C21H24N2O2/c24-20(22-13-15-10-11-15)17-7-4-12-23(14-17)21(25)19-9-3-6-16-5-1-2-8-18(16)19/h1-3,5-6,8-9,15,17H,4,7,10-14H2,(H,22,24). The second-order valence-corrected chi connectivity index (χ2v) is 7.31. The summed E-state index contributed by atoms with van der Waals surface area (Å²) in [5.74, 6) is 0.756. The lowest BCUT2D eigenvalue weighted by molar-refractivity contribution is -0.126. The Hall–Kier alpha value is -2.36. The van der Waals surface area contributed by atoms with E-state index in [-0.39, 0.29) is 17.7 Å². The predicted octanol–water partition coefficient (Wildman–Crippen LogP) is 3.22. The van der Waals surface area contributed by atoms with Crippen LogP contribution in [0.1, 0.15) is 36.0 Å².